The highest BCUT2D eigenvalue weighted by molar-refractivity contribution is 7.92. The minimum absolute atomic E-state index is 0.101. The quantitative estimate of drug-likeness (QED) is 0.757. The number of halogens is 1. The third kappa shape index (κ3) is 1.50. The molecule has 2 unspecified atom stereocenters. The first kappa shape index (κ1) is 10.4. The second kappa shape index (κ2) is 3.34. The number of rotatable bonds is 1. The zero-order valence-electron chi connectivity index (χ0n) is 8.51. The van der Waals surface area contributed by atoms with Gasteiger partial charge in [-0.3, -0.25) is 0 Å². The second-order valence-electron chi connectivity index (χ2n) is 4.33. The molecule has 3 heterocycles. The number of pyridine rings is 1. The fourth-order valence-corrected chi connectivity index (χ4v) is 4.65. The predicted octanol–water partition coefficient (Wildman–Crippen LogP) is 1.11. The molecule has 16 heavy (non-hydrogen) atoms. The number of hydrogen-bond donors (Lipinski definition) is 0. The largest absolute Gasteiger partial charge is 0.351 e. The first-order valence-electron chi connectivity index (χ1n) is 5.16. The van der Waals surface area contributed by atoms with Gasteiger partial charge in [-0.1, -0.05) is 11.6 Å². The van der Waals surface area contributed by atoms with E-state index in [-0.39, 0.29) is 17.0 Å². The second-order valence-corrected chi connectivity index (χ2v) is 7.09. The van der Waals surface area contributed by atoms with Crippen LogP contribution in [0.4, 0.5) is 5.82 Å². The van der Waals surface area contributed by atoms with Crippen molar-refractivity contribution in [3.63, 3.8) is 0 Å². The Kier molecular flexibility index (Phi) is 2.16. The van der Waals surface area contributed by atoms with E-state index in [1.54, 1.807) is 12.3 Å². The molecule has 2 bridgehead atoms. The van der Waals surface area contributed by atoms with E-state index in [0.717, 1.165) is 12.2 Å². The molecule has 1 aromatic heterocycles. The van der Waals surface area contributed by atoms with Gasteiger partial charge in [-0.15, -0.1) is 0 Å². The standard InChI is InChI=1S/C10H11ClN2O2S/c11-7-1-2-10(12-4-7)13-5-9-3-8(13)6-16(9,14)15/h1-2,4,8-9H,3,5-6H2. The summed E-state index contributed by atoms with van der Waals surface area (Å²) in [5.74, 6) is 1.09. The Morgan fingerprint density at radius 2 is 2.25 bits per heavy atom. The molecule has 2 atom stereocenters. The molecule has 4 nitrogen and oxygen atoms in total. The summed E-state index contributed by atoms with van der Waals surface area (Å²) >= 11 is 5.77. The van der Waals surface area contributed by atoms with Gasteiger partial charge < -0.3 is 4.90 Å². The average Bonchev–Trinajstić information content (AvgIpc) is 2.74. The van der Waals surface area contributed by atoms with Crippen LogP contribution in [0.15, 0.2) is 18.3 Å². The fourth-order valence-electron chi connectivity index (χ4n) is 2.51. The van der Waals surface area contributed by atoms with Crippen LogP contribution in [0.25, 0.3) is 0 Å². The van der Waals surface area contributed by atoms with Crippen molar-refractivity contribution < 1.29 is 8.42 Å². The van der Waals surface area contributed by atoms with Crippen LogP contribution in [-0.4, -0.2) is 37.0 Å². The van der Waals surface area contributed by atoms with Crippen LogP contribution in [0.2, 0.25) is 5.02 Å². The highest BCUT2D eigenvalue weighted by atomic mass is 35.5. The number of nitrogens with zero attached hydrogens (tertiary/aromatic N) is 2. The molecule has 0 saturated carbocycles. The molecule has 0 N–H and O–H groups in total. The van der Waals surface area contributed by atoms with E-state index >= 15 is 0 Å². The lowest BCUT2D eigenvalue weighted by molar-refractivity contribution is 0.585. The minimum atomic E-state index is -2.83. The Hall–Kier alpha value is -0.810. The topological polar surface area (TPSA) is 50.3 Å². The van der Waals surface area contributed by atoms with Crippen LogP contribution < -0.4 is 4.90 Å². The number of sulfone groups is 1. The van der Waals surface area contributed by atoms with Crippen LogP contribution in [0.5, 0.6) is 0 Å². The molecule has 1 aromatic rings. The Morgan fingerprint density at radius 3 is 2.75 bits per heavy atom. The molecular weight excluding hydrogens is 248 g/mol. The van der Waals surface area contributed by atoms with E-state index in [2.05, 4.69) is 9.88 Å². The van der Waals surface area contributed by atoms with Crippen molar-refractivity contribution in [3.8, 4) is 0 Å². The van der Waals surface area contributed by atoms with Gasteiger partial charge in [-0.2, -0.15) is 0 Å². The monoisotopic (exact) mass is 258 g/mol. The van der Waals surface area contributed by atoms with E-state index < -0.39 is 9.84 Å². The molecular formula is C10H11ClN2O2S. The highest BCUT2D eigenvalue weighted by Crippen LogP contribution is 2.35. The Morgan fingerprint density at radius 1 is 1.44 bits per heavy atom. The van der Waals surface area contributed by atoms with E-state index in [0.29, 0.717) is 11.6 Å². The van der Waals surface area contributed by atoms with Crippen LogP contribution in [0.3, 0.4) is 0 Å². The Labute approximate surface area is 99.2 Å². The summed E-state index contributed by atoms with van der Waals surface area (Å²) in [5, 5.41) is 0.399. The number of hydrogen-bond acceptors (Lipinski definition) is 4. The van der Waals surface area contributed by atoms with Crippen LogP contribution in [-0.2, 0) is 9.84 Å². The lowest BCUT2D eigenvalue weighted by Crippen LogP contribution is -2.40. The lowest BCUT2D eigenvalue weighted by atomic mass is 10.2. The number of fused-ring (bicyclic) bond motifs is 2. The first-order chi connectivity index (χ1) is 7.56. The predicted molar refractivity (Wildman–Crippen MR) is 62.6 cm³/mol. The molecule has 86 valence electrons. The number of aromatic nitrogens is 1. The van der Waals surface area contributed by atoms with E-state index in [4.69, 9.17) is 11.6 Å². The molecule has 6 heteroatoms. The maximum Gasteiger partial charge on any atom is 0.156 e. The molecule has 2 aliphatic rings. The fraction of sp³-hybridized carbons (Fsp3) is 0.500. The van der Waals surface area contributed by atoms with Gasteiger partial charge >= 0.3 is 0 Å². The van der Waals surface area contributed by atoms with Gasteiger partial charge in [0.05, 0.1) is 16.0 Å². The number of anilines is 1. The van der Waals surface area contributed by atoms with Crippen LogP contribution in [0.1, 0.15) is 6.42 Å². The summed E-state index contributed by atoms with van der Waals surface area (Å²) < 4.78 is 23.2. The molecule has 0 amide bonds. The van der Waals surface area contributed by atoms with Gasteiger partial charge in [0.1, 0.15) is 5.82 Å². The third-order valence-electron chi connectivity index (χ3n) is 3.31. The molecule has 3 rings (SSSR count). The van der Waals surface area contributed by atoms with Crippen molar-refractivity contribution in [1.82, 2.24) is 4.98 Å². The summed E-state index contributed by atoms with van der Waals surface area (Å²) in [5.41, 5.74) is 0. The summed E-state index contributed by atoms with van der Waals surface area (Å²) in [6.45, 7) is 0.571. The molecule has 0 aromatic carbocycles. The molecule has 0 aliphatic carbocycles. The Bertz CT molecular complexity index is 514. The molecule has 2 aliphatic heterocycles. The van der Waals surface area contributed by atoms with Crippen LogP contribution in [0, 0.1) is 0 Å². The smallest absolute Gasteiger partial charge is 0.156 e. The van der Waals surface area contributed by atoms with Gasteiger partial charge in [0.25, 0.3) is 0 Å². The van der Waals surface area contributed by atoms with Crippen molar-refractivity contribution in [3.05, 3.63) is 23.4 Å². The van der Waals surface area contributed by atoms with E-state index in [9.17, 15) is 8.42 Å². The lowest BCUT2D eigenvalue weighted by Gasteiger charge is -2.27. The molecule has 2 saturated heterocycles. The van der Waals surface area contributed by atoms with Crippen molar-refractivity contribution >= 4 is 27.3 Å². The zero-order valence-corrected chi connectivity index (χ0v) is 10.1. The SMILES string of the molecule is O=S1(=O)CC2CC1CN2c1ccc(Cl)cn1. The summed E-state index contributed by atoms with van der Waals surface area (Å²) in [6, 6.07) is 3.73. The van der Waals surface area contributed by atoms with E-state index in [1.165, 1.54) is 0 Å². The normalized spacial score (nSPS) is 30.9. The van der Waals surface area contributed by atoms with Gasteiger partial charge in [-0.25, -0.2) is 13.4 Å². The summed E-state index contributed by atoms with van der Waals surface area (Å²) in [6.07, 6.45) is 2.34. The first-order valence-corrected chi connectivity index (χ1v) is 7.25. The van der Waals surface area contributed by atoms with Crippen LogP contribution >= 0.6 is 11.6 Å². The van der Waals surface area contributed by atoms with Gasteiger partial charge in [-0.05, 0) is 18.6 Å². The summed E-state index contributed by atoms with van der Waals surface area (Å²) in [4.78, 5) is 6.30. The Balaban J connectivity index is 1.88. The van der Waals surface area contributed by atoms with Gasteiger partial charge in [0, 0.05) is 18.8 Å². The van der Waals surface area contributed by atoms with E-state index in [1.807, 2.05) is 6.07 Å². The minimum Gasteiger partial charge on any atom is -0.351 e. The van der Waals surface area contributed by atoms with Crippen molar-refractivity contribution in [2.24, 2.45) is 0 Å². The summed E-state index contributed by atoms with van der Waals surface area (Å²) in [7, 11) is -2.83. The molecule has 0 spiro atoms. The van der Waals surface area contributed by atoms with Crippen molar-refractivity contribution in [1.29, 1.82) is 0 Å². The maximum absolute atomic E-state index is 11.6. The zero-order chi connectivity index (χ0) is 11.3. The average molecular weight is 259 g/mol. The van der Waals surface area contributed by atoms with Gasteiger partial charge in [0.15, 0.2) is 9.84 Å². The maximum atomic E-state index is 11.6. The van der Waals surface area contributed by atoms with Crippen molar-refractivity contribution in [2.45, 2.75) is 17.7 Å². The molecule has 0 radical (unpaired) electrons. The highest BCUT2D eigenvalue weighted by Gasteiger charge is 2.48. The third-order valence-corrected chi connectivity index (χ3v) is 5.74. The molecule has 2 fully saturated rings. The van der Waals surface area contributed by atoms with Gasteiger partial charge in [0.2, 0.25) is 0 Å². The van der Waals surface area contributed by atoms with Crippen molar-refractivity contribution in [2.75, 3.05) is 17.2 Å².